The standard InChI is InChI=1S/C17H12ClN3OS/c18-14-3-1-2-12(8-14)17-19-15(10-22-17)9-21-6-4-16(20-21)13-5-7-23-11-13/h1-8,10-11H,9H2. The number of hydrogen-bond acceptors (Lipinski definition) is 4. The van der Waals surface area contributed by atoms with Crippen LogP contribution in [-0.4, -0.2) is 14.8 Å². The van der Waals surface area contributed by atoms with Gasteiger partial charge in [0.25, 0.3) is 0 Å². The number of nitrogens with zero attached hydrogens (tertiary/aromatic N) is 3. The van der Waals surface area contributed by atoms with Crippen molar-refractivity contribution in [2.24, 2.45) is 0 Å². The SMILES string of the molecule is Clc1cccc(-c2nc(Cn3ccc(-c4ccsc4)n3)co2)c1. The average molecular weight is 342 g/mol. The zero-order chi connectivity index (χ0) is 15.6. The van der Waals surface area contributed by atoms with Gasteiger partial charge in [0.1, 0.15) is 12.0 Å². The molecule has 3 heterocycles. The Hall–Kier alpha value is -2.37. The fraction of sp³-hybridized carbons (Fsp3) is 0.0588. The van der Waals surface area contributed by atoms with Crippen molar-refractivity contribution in [2.75, 3.05) is 0 Å². The Morgan fingerprint density at radius 2 is 2.13 bits per heavy atom. The lowest BCUT2D eigenvalue weighted by Gasteiger charge is -1.97. The number of aromatic nitrogens is 3. The molecule has 0 N–H and O–H groups in total. The van der Waals surface area contributed by atoms with E-state index in [1.807, 2.05) is 46.6 Å². The molecule has 0 spiro atoms. The molecule has 6 heteroatoms. The van der Waals surface area contributed by atoms with E-state index in [1.54, 1.807) is 17.6 Å². The Bertz CT molecular complexity index is 927. The lowest BCUT2D eigenvalue weighted by atomic mass is 10.2. The third kappa shape index (κ3) is 3.06. The smallest absolute Gasteiger partial charge is 0.226 e. The van der Waals surface area contributed by atoms with E-state index in [2.05, 4.69) is 21.5 Å². The molecule has 23 heavy (non-hydrogen) atoms. The summed E-state index contributed by atoms with van der Waals surface area (Å²) in [7, 11) is 0. The Kier molecular flexibility index (Phi) is 3.73. The third-order valence-corrected chi connectivity index (χ3v) is 4.32. The monoisotopic (exact) mass is 341 g/mol. The van der Waals surface area contributed by atoms with Crippen LogP contribution in [0.25, 0.3) is 22.7 Å². The van der Waals surface area contributed by atoms with Crippen LogP contribution in [0.3, 0.4) is 0 Å². The van der Waals surface area contributed by atoms with Gasteiger partial charge in [0.15, 0.2) is 0 Å². The first-order valence-corrected chi connectivity index (χ1v) is 8.36. The van der Waals surface area contributed by atoms with Gasteiger partial charge in [-0.15, -0.1) is 0 Å². The molecule has 0 saturated carbocycles. The molecule has 0 fully saturated rings. The van der Waals surface area contributed by atoms with Crippen molar-refractivity contribution in [1.29, 1.82) is 0 Å². The van der Waals surface area contributed by atoms with Crippen LogP contribution < -0.4 is 0 Å². The van der Waals surface area contributed by atoms with E-state index < -0.39 is 0 Å². The van der Waals surface area contributed by atoms with Gasteiger partial charge >= 0.3 is 0 Å². The molecule has 0 bridgehead atoms. The maximum Gasteiger partial charge on any atom is 0.226 e. The average Bonchev–Trinajstić information content (AvgIpc) is 3.29. The molecule has 0 unspecified atom stereocenters. The molecule has 4 rings (SSSR count). The minimum Gasteiger partial charge on any atom is -0.444 e. The molecule has 114 valence electrons. The maximum atomic E-state index is 6.00. The summed E-state index contributed by atoms with van der Waals surface area (Å²) in [5.74, 6) is 0.563. The molecule has 0 atom stereocenters. The highest BCUT2D eigenvalue weighted by Crippen LogP contribution is 2.23. The Morgan fingerprint density at radius 1 is 1.17 bits per heavy atom. The van der Waals surface area contributed by atoms with Gasteiger partial charge in [-0.05, 0) is 35.7 Å². The van der Waals surface area contributed by atoms with Crippen molar-refractivity contribution in [3.8, 4) is 22.7 Å². The van der Waals surface area contributed by atoms with Crippen molar-refractivity contribution in [3.05, 3.63) is 70.3 Å². The van der Waals surface area contributed by atoms with Crippen LogP contribution in [-0.2, 0) is 6.54 Å². The van der Waals surface area contributed by atoms with E-state index in [0.717, 1.165) is 22.5 Å². The number of thiophene rings is 1. The quantitative estimate of drug-likeness (QED) is 0.526. The van der Waals surface area contributed by atoms with Crippen molar-refractivity contribution < 1.29 is 4.42 Å². The minimum atomic E-state index is 0.563. The largest absolute Gasteiger partial charge is 0.444 e. The normalized spacial score (nSPS) is 11.0. The lowest BCUT2D eigenvalue weighted by Crippen LogP contribution is -2.00. The fourth-order valence-corrected chi connectivity index (χ4v) is 3.15. The van der Waals surface area contributed by atoms with Gasteiger partial charge in [-0.2, -0.15) is 16.4 Å². The second-order valence-corrected chi connectivity index (χ2v) is 6.28. The van der Waals surface area contributed by atoms with Gasteiger partial charge in [0.05, 0.1) is 12.2 Å². The third-order valence-electron chi connectivity index (χ3n) is 3.40. The van der Waals surface area contributed by atoms with E-state index in [9.17, 15) is 0 Å². The van der Waals surface area contributed by atoms with Crippen LogP contribution >= 0.6 is 22.9 Å². The number of benzene rings is 1. The first kappa shape index (κ1) is 14.2. The van der Waals surface area contributed by atoms with Crippen molar-refractivity contribution >= 4 is 22.9 Å². The van der Waals surface area contributed by atoms with Gasteiger partial charge in [-0.1, -0.05) is 17.7 Å². The first-order valence-electron chi connectivity index (χ1n) is 7.04. The summed E-state index contributed by atoms with van der Waals surface area (Å²) in [6.45, 7) is 0.564. The predicted octanol–water partition coefficient (Wildman–Crippen LogP) is 4.97. The van der Waals surface area contributed by atoms with Gasteiger partial charge in [0, 0.05) is 27.7 Å². The molecule has 0 amide bonds. The highest BCUT2D eigenvalue weighted by molar-refractivity contribution is 7.08. The number of rotatable bonds is 4. The molecule has 4 aromatic rings. The van der Waals surface area contributed by atoms with Crippen molar-refractivity contribution in [1.82, 2.24) is 14.8 Å². The molecule has 3 aromatic heterocycles. The minimum absolute atomic E-state index is 0.563. The fourth-order valence-electron chi connectivity index (χ4n) is 2.31. The van der Waals surface area contributed by atoms with Crippen molar-refractivity contribution in [2.45, 2.75) is 6.54 Å². The molecule has 0 aliphatic heterocycles. The van der Waals surface area contributed by atoms with Gasteiger partial charge in [-0.3, -0.25) is 4.68 Å². The van der Waals surface area contributed by atoms with Gasteiger partial charge in [-0.25, -0.2) is 4.98 Å². The van der Waals surface area contributed by atoms with E-state index in [-0.39, 0.29) is 0 Å². The summed E-state index contributed by atoms with van der Waals surface area (Å²) < 4.78 is 7.40. The highest BCUT2D eigenvalue weighted by Gasteiger charge is 2.09. The predicted molar refractivity (Wildman–Crippen MR) is 91.6 cm³/mol. The zero-order valence-corrected chi connectivity index (χ0v) is 13.6. The van der Waals surface area contributed by atoms with Crippen LogP contribution in [0.4, 0.5) is 0 Å². The highest BCUT2D eigenvalue weighted by atomic mass is 35.5. The summed E-state index contributed by atoms with van der Waals surface area (Å²) in [5, 5.41) is 9.35. The summed E-state index contributed by atoms with van der Waals surface area (Å²) >= 11 is 7.66. The van der Waals surface area contributed by atoms with E-state index in [1.165, 1.54) is 0 Å². The Balaban J connectivity index is 1.54. The zero-order valence-electron chi connectivity index (χ0n) is 12.0. The van der Waals surface area contributed by atoms with Crippen molar-refractivity contribution in [3.63, 3.8) is 0 Å². The Morgan fingerprint density at radius 3 is 2.96 bits per heavy atom. The summed E-state index contributed by atoms with van der Waals surface area (Å²) in [5.41, 5.74) is 3.78. The molecule has 0 aliphatic rings. The topological polar surface area (TPSA) is 43.9 Å². The first-order chi connectivity index (χ1) is 11.3. The van der Waals surface area contributed by atoms with Gasteiger partial charge in [0.2, 0.25) is 5.89 Å². The number of hydrogen-bond donors (Lipinski definition) is 0. The molecule has 0 saturated heterocycles. The molecule has 0 radical (unpaired) electrons. The van der Waals surface area contributed by atoms with E-state index in [0.29, 0.717) is 17.5 Å². The van der Waals surface area contributed by atoms with Crippen LogP contribution in [0.2, 0.25) is 5.02 Å². The summed E-state index contributed by atoms with van der Waals surface area (Å²) in [6.07, 6.45) is 3.60. The molecular weight excluding hydrogens is 330 g/mol. The van der Waals surface area contributed by atoms with Crippen LogP contribution in [0.1, 0.15) is 5.69 Å². The maximum absolute atomic E-state index is 6.00. The molecular formula is C17H12ClN3OS. The van der Waals surface area contributed by atoms with Gasteiger partial charge < -0.3 is 4.42 Å². The van der Waals surface area contributed by atoms with Crippen LogP contribution in [0.5, 0.6) is 0 Å². The summed E-state index contributed by atoms with van der Waals surface area (Å²) in [6, 6.07) is 11.5. The summed E-state index contributed by atoms with van der Waals surface area (Å²) in [4.78, 5) is 4.50. The second kappa shape index (κ2) is 6.02. The molecule has 0 aliphatic carbocycles. The van der Waals surface area contributed by atoms with E-state index >= 15 is 0 Å². The second-order valence-electron chi connectivity index (χ2n) is 5.06. The van der Waals surface area contributed by atoms with Crippen LogP contribution in [0.15, 0.2) is 64.0 Å². The Labute approximate surface area is 142 Å². The van der Waals surface area contributed by atoms with E-state index in [4.69, 9.17) is 16.0 Å². The van der Waals surface area contributed by atoms with Crippen LogP contribution in [0, 0.1) is 0 Å². The number of oxazole rings is 1. The molecule has 1 aromatic carbocycles. The molecule has 4 nitrogen and oxygen atoms in total. The lowest BCUT2D eigenvalue weighted by molar-refractivity contribution is 0.569. The number of halogens is 1.